The molecule has 1 fully saturated rings. The van der Waals surface area contributed by atoms with E-state index in [4.69, 9.17) is 4.42 Å². The highest BCUT2D eigenvalue weighted by Crippen LogP contribution is 2.21. The van der Waals surface area contributed by atoms with Crippen molar-refractivity contribution < 1.29 is 9.21 Å². The first kappa shape index (κ1) is 10.4. The molecule has 1 heterocycles. The number of aryl methyl sites for hydroxylation is 1. The second-order valence-electron chi connectivity index (χ2n) is 4.29. The summed E-state index contributed by atoms with van der Waals surface area (Å²) in [5.41, 5.74) is 1.18. The van der Waals surface area contributed by atoms with Crippen molar-refractivity contribution in [2.45, 2.75) is 38.8 Å². The van der Waals surface area contributed by atoms with Crippen molar-refractivity contribution in [1.29, 1.82) is 0 Å². The molecule has 3 heteroatoms. The summed E-state index contributed by atoms with van der Waals surface area (Å²) in [5, 5.41) is 0. The van der Waals surface area contributed by atoms with Gasteiger partial charge in [-0.1, -0.05) is 0 Å². The number of furan rings is 1. The fourth-order valence-electron chi connectivity index (χ4n) is 2.22. The maximum Gasteiger partial charge on any atom is 0.149 e. The molecule has 1 unspecified atom stereocenters. The Bertz CT molecular complexity index is 356. The third-order valence-corrected chi connectivity index (χ3v) is 3.19. The molecule has 0 amide bonds. The van der Waals surface area contributed by atoms with Crippen LogP contribution < -0.4 is 0 Å². The minimum Gasteiger partial charge on any atom is -0.469 e. The van der Waals surface area contributed by atoms with Gasteiger partial charge >= 0.3 is 0 Å². The molecule has 0 aromatic carbocycles. The Balaban J connectivity index is 2.00. The van der Waals surface area contributed by atoms with E-state index in [1.165, 1.54) is 5.56 Å². The van der Waals surface area contributed by atoms with Gasteiger partial charge in [-0.15, -0.1) is 0 Å². The number of nitrogens with zero attached hydrogens (tertiary/aromatic N) is 1. The third-order valence-electron chi connectivity index (χ3n) is 3.19. The Hall–Kier alpha value is -1.09. The molecule has 82 valence electrons. The molecule has 0 saturated heterocycles. The lowest BCUT2D eigenvalue weighted by Gasteiger charge is -2.22. The first-order valence-corrected chi connectivity index (χ1v) is 5.44. The van der Waals surface area contributed by atoms with Crippen LogP contribution >= 0.6 is 0 Å². The zero-order valence-electron chi connectivity index (χ0n) is 9.32. The molecule has 1 atom stereocenters. The highest BCUT2D eigenvalue weighted by Gasteiger charge is 2.28. The van der Waals surface area contributed by atoms with E-state index in [0.29, 0.717) is 5.78 Å². The zero-order chi connectivity index (χ0) is 10.8. The van der Waals surface area contributed by atoms with Gasteiger partial charge in [0.05, 0.1) is 12.3 Å². The molecule has 15 heavy (non-hydrogen) atoms. The standard InChI is InChI=1S/C12H17NO2/c1-9-10(6-7-15-9)8-13(2)11-4-3-5-12(11)14/h6-7,11H,3-5,8H2,1-2H3. The molecule has 1 aromatic rings. The SMILES string of the molecule is Cc1occc1CN(C)C1CCCC1=O. The van der Waals surface area contributed by atoms with E-state index in [0.717, 1.165) is 31.6 Å². The highest BCUT2D eigenvalue weighted by atomic mass is 16.3. The molecule has 0 bridgehead atoms. The van der Waals surface area contributed by atoms with E-state index < -0.39 is 0 Å². The summed E-state index contributed by atoms with van der Waals surface area (Å²) in [6, 6.07) is 2.10. The first-order valence-electron chi connectivity index (χ1n) is 5.44. The van der Waals surface area contributed by atoms with Gasteiger partial charge in [0, 0.05) is 18.5 Å². The van der Waals surface area contributed by atoms with Crippen molar-refractivity contribution in [3.63, 3.8) is 0 Å². The van der Waals surface area contributed by atoms with Crippen LogP contribution in [0.1, 0.15) is 30.6 Å². The Morgan fingerprint density at radius 1 is 1.60 bits per heavy atom. The number of carbonyl (C=O) groups is 1. The molecular weight excluding hydrogens is 190 g/mol. The lowest BCUT2D eigenvalue weighted by atomic mass is 10.1. The first-order chi connectivity index (χ1) is 7.18. The average molecular weight is 207 g/mol. The van der Waals surface area contributed by atoms with E-state index in [1.807, 2.05) is 20.0 Å². The lowest BCUT2D eigenvalue weighted by molar-refractivity contribution is -0.121. The smallest absolute Gasteiger partial charge is 0.149 e. The highest BCUT2D eigenvalue weighted by molar-refractivity contribution is 5.85. The van der Waals surface area contributed by atoms with Crippen molar-refractivity contribution in [3.05, 3.63) is 23.7 Å². The van der Waals surface area contributed by atoms with Crippen molar-refractivity contribution >= 4 is 5.78 Å². The summed E-state index contributed by atoms with van der Waals surface area (Å²) in [6.45, 7) is 2.76. The van der Waals surface area contributed by atoms with Crippen LogP contribution in [0.2, 0.25) is 0 Å². The molecule has 0 N–H and O–H groups in total. The van der Waals surface area contributed by atoms with Gasteiger partial charge in [-0.25, -0.2) is 0 Å². The average Bonchev–Trinajstić information content (AvgIpc) is 2.76. The second kappa shape index (κ2) is 4.19. The number of hydrogen-bond acceptors (Lipinski definition) is 3. The molecule has 0 spiro atoms. The van der Waals surface area contributed by atoms with Crippen LogP contribution in [-0.2, 0) is 11.3 Å². The third kappa shape index (κ3) is 2.12. The minimum absolute atomic E-state index is 0.124. The van der Waals surface area contributed by atoms with E-state index in [9.17, 15) is 4.79 Å². The molecule has 1 aliphatic carbocycles. The van der Waals surface area contributed by atoms with Crippen LogP contribution in [0.5, 0.6) is 0 Å². The molecule has 3 nitrogen and oxygen atoms in total. The normalized spacial score (nSPS) is 21.5. The van der Waals surface area contributed by atoms with Gasteiger partial charge in [-0.2, -0.15) is 0 Å². The fraction of sp³-hybridized carbons (Fsp3) is 0.583. The van der Waals surface area contributed by atoms with E-state index >= 15 is 0 Å². The van der Waals surface area contributed by atoms with Crippen LogP contribution in [0.25, 0.3) is 0 Å². The van der Waals surface area contributed by atoms with Gasteiger partial charge in [-0.05, 0) is 32.9 Å². The topological polar surface area (TPSA) is 33.5 Å². The summed E-state index contributed by atoms with van der Waals surface area (Å²) in [6.07, 6.45) is 4.50. The fourth-order valence-corrected chi connectivity index (χ4v) is 2.22. The van der Waals surface area contributed by atoms with Gasteiger partial charge in [-0.3, -0.25) is 9.69 Å². The number of likely N-dealkylation sites (N-methyl/N-ethyl adjacent to an activating group) is 1. The Morgan fingerprint density at radius 2 is 2.40 bits per heavy atom. The number of Topliss-reactive ketones (excluding diaryl/α,β-unsaturated/α-hetero) is 1. The summed E-state index contributed by atoms with van der Waals surface area (Å²) >= 11 is 0. The molecule has 1 aromatic heterocycles. The van der Waals surface area contributed by atoms with Crippen molar-refractivity contribution in [1.82, 2.24) is 4.90 Å². The summed E-state index contributed by atoms with van der Waals surface area (Å²) < 4.78 is 5.24. The Kier molecular flexibility index (Phi) is 2.91. The second-order valence-corrected chi connectivity index (χ2v) is 4.29. The van der Waals surface area contributed by atoms with Gasteiger partial charge in [0.25, 0.3) is 0 Å². The zero-order valence-corrected chi connectivity index (χ0v) is 9.32. The van der Waals surface area contributed by atoms with Crippen molar-refractivity contribution in [2.24, 2.45) is 0 Å². The lowest BCUT2D eigenvalue weighted by Crippen LogP contribution is -2.34. The Morgan fingerprint density at radius 3 is 2.93 bits per heavy atom. The van der Waals surface area contributed by atoms with Crippen molar-refractivity contribution in [2.75, 3.05) is 7.05 Å². The number of ketones is 1. The van der Waals surface area contributed by atoms with Crippen molar-refractivity contribution in [3.8, 4) is 0 Å². The summed E-state index contributed by atoms with van der Waals surface area (Å²) in [7, 11) is 2.01. The Labute approximate surface area is 90.1 Å². The quantitative estimate of drug-likeness (QED) is 0.761. The van der Waals surface area contributed by atoms with Crippen LogP contribution in [0.3, 0.4) is 0 Å². The molecular formula is C12H17NO2. The van der Waals surface area contributed by atoms with Crippen LogP contribution in [0, 0.1) is 6.92 Å². The molecule has 2 rings (SSSR count). The minimum atomic E-state index is 0.124. The van der Waals surface area contributed by atoms with Gasteiger partial charge < -0.3 is 4.42 Å². The van der Waals surface area contributed by atoms with Gasteiger partial charge in [0.1, 0.15) is 11.5 Å². The number of rotatable bonds is 3. The van der Waals surface area contributed by atoms with E-state index in [2.05, 4.69) is 4.90 Å². The number of hydrogen-bond donors (Lipinski definition) is 0. The predicted octanol–water partition coefficient (Wildman–Crippen LogP) is 2.14. The van der Waals surface area contributed by atoms with Gasteiger partial charge in [0.2, 0.25) is 0 Å². The monoisotopic (exact) mass is 207 g/mol. The predicted molar refractivity (Wildman–Crippen MR) is 57.6 cm³/mol. The maximum atomic E-state index is 11.6. The molecule has 1 saturated carbocycles. The summed E-state index contributed by atoms with van der Waals surface area (Å²) in [5.74, 6) is 1.34. The summed E-state index contributed by atoms with van der Waals surface area (Å²) in [4.78, 5) is 13.7. The van der Waals surface area contributed by atoms with Crippen LogP contribution in [0.15, 0.2) is 16.7 Å². The molecule has 1 aliphatic rings. The van der Waals surface area contributed by atoms with E-state index in [1.54, 1.807) is 6.26 Å². The van der Waals surface area contributed by atoms with Crippen LogP contribution in [0.4, 0.5) is 0 Å². The van der Waals surface area contributed by atoms with Crippen LogP contribution in [-0.4, -0.2) is 23.8 Å². The maximum absolute atomic E-state index is 11.6. The molecule has 0 aliphatic heterocycles. The molecule has 0 radical (unpaired) electrons. The largest absolute Gasteiger partial charge is 0.469 e. The van der Waals surface area contributed by atoms with Gasteiger partial charge in [0.15, 0.2) is 0 Å². The number of carbonyl (C=O) groups excluding carboxylic acids is 1. The van der Waals surface area contributed by atoms with E-state index in [-0.39, 0.29) is 6.04 Å².